The van der Waals surface area contributed by atoms with Crippen molar-refractivity contribution in [3.63, 3.8) is 0 Å². The number of benzene rings is 6. The van der Waals surface area contributed by atoms with Crippen LogP contribution in [0.15, 0.2) is 215 Å². The van der Waals surface area contributed by atoms with Crippen LogP contribution in [0.3, 0.4) is 0 Å². The van der Waals surface area contributed by atoms with E-state index >= 15 is 0 Å². The van der Waals surface area contributed by atoms with Crippen LogP contribution in [0, 0.1) is 22.7 Å². The average Bonchev–Trinajstić information content (AvgIpc) is 4.21. The molecule has 2 aromatic heterocycles. The predicted molar refractivity (Wildman–Crippen MR) is 324 cm³/mol. The van der Waals surface area contributed by atoms with Crippen molar-refractivity contribution in [2.75, 3.05) is 63.2 Å². The van der Waals surface area contributed by atoms with Gasteiger partial charge in [-0.1, -0.05) is 72.6 Å². The van der Waals surface area contributed by atoms with Gasteiger partial charge in [0, 0.05) is 80.1 Å². The standard InChI is InChI=1S/C32H28N8O2S.C29H21N7O2S/c1-40(2)18-6-11-29(41)35-24-8-5-7-21(19-24)30(42)36-22-12-14-23(15-13-22)37-32-34-17-16-26(39-32)25(20-33)31-38-27-9-3-4-10-28(27)43-31;1-2-26(37)32-21-7-5-6-18(16-21)27(38)33-19-10-12-20(13-11-19)34-29-31-15-14-23(36-29)22(17-30)28-35-24-8-3-4-9-25(24)39-28/h3-17,19,38H,18H2,1-2H3,(H,35,41)(H,36,42)(H,34,37,39);2-16,35H,1H2,(H,32,37)(H,33,38)(H,31,34,36)/b11-6+,31-25-;28-22-. The maximum Gasteiger partial charge on any atom is 0.255 e. The highest BCUT2D eigenvalue weighted by molar-refractivity contribution is 8.04. The van der Waals surface area contributed by atoms with Crippen LogP contribution in [0.5, 0.6) is 0 Å². The van der Waals surface area contributed by atoms with E-state index in [2.05, 4.69) is 81.2 Å². The number of hydrogen-bond acceptors (Lipinski definition) is 17. The summed E-state index contributed by atoms with van der Waals surface area (Å²) in [6.45, 7) is 4.07. The van der Waals surface area contributed by atoms with Crippen LogP contribution >= 0.6 is 23.5 Å². The smallest absolute Gasteiger partial charge is 0.255 e. The molecule has 0 atom stereocenters. The van der Waals surface area contributed by atoms with Crippen LogP contribution in [0.2, 0.25) is 0 Å². The summed E-state index contributed by atoms with van der Waals surface area (Å²) in [7, 11) is 3.83. The third-order valence-corrected chi connectivity index (χ3v) is 13.9. The number of aromatic nitrogens is 4. The van der Waals surface area contributed by atoms with Gasteiger partial charge in [-0.3, -0.25) is 19.2 Å². The Hall–Kier alpha value is -10.8. The number of carbonyl (C=O) groups excluding carboxylic acids is 4. The van der Waals surface area contributed by atoms with Crippen molar-refractivity contribution in [1.29, 1.82) is 10.5 Å². The summed E-state index contributed by atoms with van der Waals surface area (Å²) >= 11 is 2.98. The van der Waals surface area contributed by atoms with E-state index < -0.39 is 0 Å². The minimum Gasteiger partial charge on any atom is -0.348 e. The molecule has 21 heteroatoms. The summed E-state index contributed by atoms with van der Waals surface area (Å²) < 4.78 is 0. The lowest BCUT2D eigenvalue weighted by molar-refractivity contribution is -0.112. The van der Waals surface area contributed by atoms with Gasteiger partial charge < -0.3 is 47.4 Å². The van der Waals surface area contributed by atoms with E-state index in [0.29, 0.717) is 86.2 Å². The van der Waals surface area contributed by atoms with Gasteiger partial charge in [-0.25, -0.2) is 19.9 Å². The van der Waals surface area contributed by atoms with Crippen molar-refractivity contribution >= 4 is 116 Å². The van der Waals surface area contributed by atoms with E-state index in [0.717, 1.165) is 37.3 Å². The molecule has 0 radical (unpaired) electrons. The first-order valence-corrected chi connectivity index (χ1v) is 26.7. The number of nitrogens with one attached hydrogen (secondary N) is 8. The zero-order valence-electron chi connectivity index (χ0n) is 43.9. The second-order valence-electron chi connectivity index (χ2n) is 17.9. The molecule has 0 saturated carbocycles. The van der Waals surface area contributed by atoms with Gasteiger partial charge in [0.25, 0.3) is 11.8 Å². The van der Waals surface area contributed by atoms with Crippen LogP contribution in [0.25, 0.3) is 11.1 Å². The first-order valence-electron chi connectivity index (χ1n) is 25.1. The van der Waals surface area contributed by atoms with Crippen LogP contribution < -0.4 is 42.5 Å². The molecule has 10 rings (SSSR count). The Bertz CT molecular complexity index is 3870. The second kappa shape index (κ2) is 26.7. The topological polar surface area (TPSA) is 267 Å². The molecule has 8 aromatic rings. The molecule has 2 aliphatic heterocycles. The number of hydrogen-bond donors (Lipinski definition) is 8. The molecule has 404 valence electrons. The molecular weight excluding hydrogens is 1070 g/mol. The van der Waals surface area contributed by atoms with Crippen molar-refractivity contribution in [3.8, 4) is 12.1 Å². The molecule has 8 N–H and O–H groups in total. The van der Waals surface area contributed by atoms with Gasteiger partial charge in [0.05, 0.1) is 32.8 Å². The summed E-state index contributed by atoms with van der Waals surface area (Å²) in [5, 5.41) is 45.1. The summed E-state index contributed by atoms with van der Waals surface area (Å²) in [5.41, 5.74) is 8.15. The van der Waals surface area contributed by atoms with Gasteiger partial charge >= 0.3 is 0 Å². The zero-order chi connectivity index (χ0) is 57.4. The van der Waals surface area contributed by atoms with Crippen molar-refractivity contribution in [3.05, 3.63) is 227 Å². The van der Waals surface area contributed by atoms with Gasteiger partial charge in [0.2, 0.25) is 23.7 Å². The fourth-order valence-electron chi connectivity index (χ4n) is 7.79. The Labute approximate surface area is 480 Å². The number of thioether (sulfide) groups is 2. The zero-order valence-corrected chi connectivity index (χ0v) is 45.5. The van der Waals surface area contributed by atoms with Crippen molar-refractivity contribution in [2.24, 2.45) is 0 Å². The Balaban J connectivity index is 0.000000198. The number of nitrogens with zero attached hydrogens (tertiary/aromatic N) is 7. The van der Waals surface area contributed by atoms with Gasteiger partial charge in [-0.05, 0) is 141 Å². The molecule has 19 nitrogen and oxygen atoms in total. The number of carbonyl (C=O) groups is 4. The lowest BCUT2D eigenvalue weighted by Gasteiger charge is -2.10. The number of amides is 4. The first-order chi connectivity index (χ1) is 39.9. The predicted octanol–water partition coefficient (Wildman–Crippen LogP) is 11.9. The molecule has 0 fully saturated rings. The molecule has 0 bridgehead atoms. The van der Waals surface area contributed by atoms with Crippen LogP contribution in [-0.4, -0.2) is 69.1 Å². The molecule has 0 unspecified atom stereocenters. The lowest BCUT2D eigenvalue weighted by atomic mass is 10.1. The van der Waals surface area contributed by atoms with Gasteiger partial charge in [0.15, 0.2) is 0 Å². The van der Waals surface area contributed by atoms with E-state index in [1.54, 1.807) is 128 Å². The third-order valence-electron chi connectivity index (χ3n) is 11.7. The largest absolute Gasteiger partial charge is 0.348 e. The van der Waals surface area contributed by atoms with Crippen molar-refractivity contribution < 1.29 is 19.2 Å². The Kier molecular flexibility index (Phi) is 18.2. The fraction of sp³-hybridized carbons (Fsp3) is 0.0492. The molecule has 6 aromatic carbocycles. The number of nitriles is 2. The van der Waals surface area contributed by atoms with E-state index in [4.69, 9.17) is 0 Å². The molecule has 0 spiro atoms. The quantitative estimate of drug-likeness (QED) is 0.0330. The SMILES string of the molecule is C=CC(=O)Nc1cccc(C(=O)Nc2ccc(Nc3nccc(/C(C#N)=C4/Nc5ccccc5S4)n3)cc2)c1.CN(C)C/C=C/C(=O)Nc1cccc(C(=O)Nc2ccc(Nc3nccc(/C(C#N)=C4/Nc5ccccc5S4)n3)cc2)c1. The number of fused-ring (bicyclic) bond motifs is 2. The molecule has 4 heterocycles. The highest BCUT2D eigenvalue weighted by atomic mass is 32.2. The third kappa shape index (κ3) is 14.8. The van der Waals surface area contributed by atoms with Crippen molar-refractivity contribution in [2.45, 2.75) is 9.79 Å². The summed E-state index contributed by atoms with van der Waals surface area (Å²) in [4.78, 5) is 70.9. The molecule has 2 aliphatic rings. The number of anilines is 10. The number of rotatable bonds is 16. The number of likely N-dealkylation sites (N-methyl/N-ethyl adjacent to an activating group) is 1. The fourth-order valence-corrected chi connectivity index (χ4v) is 9.81. The monoisotopic (exact) mass is 1120 g/mol. The Morgan fingerprint density at radius 1 is 0.549 bits per heavy atom. The molecule has 0 aliphatic carbocycles. The van der Waals surface area contributed by atoms with Gasteiger partial charge in [0.1, 0.15) is 23.3 Å². The summed E-state index contributed by atoms with van der Waals surface area (Å²) in [6.07, 6.45) is 7.58. The molecule has 4 amide bonds. The number of allylic oxidation sites excluding steroid dienone is 2. The highest BCUT2D eigenvalue weighted by Gasteiger charge is 2.23. The van der Waals surface area contributed by atoms with E-state index in [-0.39, 0.29) is 23.6 Å². The molecular formula is C61H49N15O4S2. The van der Waals surface area contributed by atoms with E-state index in [1.807, 2.05) is 67.5 Å². The van der Waals surface area contributed by atoms with E-state index in [9.17, 15) is 29.7 Å². The summed E-state index contributed by atoms with van der Waals surface area (Å²) in [5.74, 6) is -0.592. The normalized spacial score (nSPS) is 13.0. The highest BCUT2D eigenvalue weighted by Crippen LogP contribution is 2.44. The maximum atomic E-state index is 12.9. The van der Waals surface area contributed by atoms with Gasteiger partial charge in [-0.15, -0.1) is 0 Å². The van der Waals surface area contributed by atoms with Gasteiger partial charge in [-0.2, -0.15) is 10.5 Å². The van der Waals surface area contributed by atoms with E-state index in [1.165, 1.54) is 29.6 Å². The summed E-state index contributed by atoms with van der Waals surface area (Å²) in [6, 6.07) is 51.1. The minimum atomic E-state index is -0.356. The maximum absolute atomic E-state index is 12.9. The molecule has 0 saturated heterocycles. The number of para-hydroxylation sites is 2. The average molecular weight is 1120 g/mol. The Morgan fingerprint density at radius 3 is 1.41 bits per heavy atom. The van der Waals surface area contributed by atoms with Crippen LogP contribution in [0.1, 0.15) is 32.1 Å². The van der Waals surface area contributed by atoms with Crippen LogP contribution in [0.4, 0.5) is 57.4 Å². The lowest BCUT2D eigenvalue weighted by Crippen LogP contribution is -2.14. The second-order valence-corrected chi connectivity index (χ2v) is 20.0. The Morgan fingerprint density at radius 2 is 0.988 bits per heavy atom. The van der Waals surface area contributed by atoms with Crippen molar-refractivity contribution in [1.82, 2.24) is 24.8 Å². The van der Waals surface area contributed by atoms with Crippen LogP contribution in [-0.2, 0) is 9.59 Å². The first kappa shape index (κ1) is 55.9. The minimum absolute atomic E-state index is 0.267. The molecule has 82 heavy (non-hydrogen) atoms.